The number of likely N-dealkylation sites (tertiary alicyclic amines) is 1. The van der Waals surface area contributed by atoms with Crippen LogP contribution < -0.4 is 5.32 Å². The Morgan fingerprint density at radius 2 is 2.19 bits per heavy atom. The maximum atomic E-state index is 13.0. The second-order valence-electron chi connectivity index (χ2n) is 7.57. The molecule has 2 atom stereocenters. The highest BCUT2D eigenvalue weighted by Gasteiger charge is 2.32. The number of nitrogens with one attached hydrogen (secondary N) is 1. The number of ether oxygens (including phenoxy) is 1. The Kier molecular flexibility index (Phi) is 5.47. The molecule has 0 spiro atoms. The zero-order valence-electron chi connectivity index (χ0n) is 15.6. The van der Waals surface area contributed by atoms with Gasteiger partial charge in [-0.15, -0.1) is 0 Å². The molecule has 0 aromatic carbocycles. The van der Waals surface area contributed by atoms with Crippen LogP contribution in [0.25, 0.3) is 0 Å². The van der Waals surface area contributed by atoms with Crippen molar-refractivity contribution in [3.63, 3.8) is 0 Å². The van der Waals surface area contributed by atoms with E-state index in [1.54, 1.807) is 0 Å². The van der Waals surface area contributed by atoms with Crippen LogP contribution in [-0.2, 0) is 22.5 Å². The summed E-state index contributed by atoms with van der Waals surface area (Å²) in [5.41, 5.74) is 2.39. The average Bonchev–Trinajstić information content (AvgIpc) is 2.73. The van der Waals surface area contributed by atoms with E-state index in [-0.39, 0.29) is 17.9 Å². The van der Waals surface area contributed by atoms with Gasteiger partial charge >= 0.3 is 0 Å². The summed E-state index contributed by atoms with van der Waals surface area (Å²) >= 11 is 0. The van der Waals surface area contributed by atoms with Crippen molar-refractivity contribution in [2.24, 2.45) is 0 Å². The number of aromatic nitrogens is 2. The molecule has 3 aliphatic heterocycles. The first-order valence-electron chi connectivity index (χ1n) is 9.88. The summed E-state index contributed by atoms with van der Waals surface area (Å²) in [5.74, 6) is 1.41. The number of carbonyl (C=O) groups is 1. The van der Waals surface area contributed by atoms with E-state index < -0.39 is 0 Å². The quantitative estimate of drug-likeness (QED) is 0.850. The van der Waals surface area contributed by atoms with Crippen molar-refractivity contribution in [2.75, 3.05) is 45.9 Å². The lowest BCUT2D eigenvalue weighted by atomic mass is 9.96. The fourth-order valence-electron chi connectivity index (χ4n) is 4.22. The number of hydrogen-bond donors (Lipinski definition) is 1. The fraction of sp³-hybridized carbons (Fsp3) is 0.737. The number of nitrogens with zero attached hydrogens (tertiary/aromatic N) is 4. The molecule has 0 unspecified atom stereocenters. The molecule has 4 rings (SSSR count). The van der Waals surface area contributed by atoms with E-state index >= 15 is 0 Å². The summed E-state index contributed by atoms with van der Waals surface area (Å²) in [7, 11) is 0. The van der Waals surface area contributed by atoms with E-state index in [0.29, 0.717) is 0 Å². The molecule has 0 aliphatic carbocycles. The molecule has 1 amide bonds. The molecule has 3 aliphatic rings. The van der Waals surface area contributed by atoms with E-state index in [2.05, 4.69) is 15.2 Å². The second-order valence-corrected chi connectivity index (χ2v) is 7.57. The van der Waals surface area contributed by atoms with E-state index in [1.807, 2.05) is 18.0 Å². The third-order valence-electron chi connectivity index (χ3n) is 5.88. The maximum Gasteiger partial charge on any atom is 0.239 e. The van der Waals surface area contributed by atoms with Gasteiger partial charge in [-0.2, -0.15) is 0 Å². The molecule has 4 heterocycles. The molecule has 1 aromatic rings. The minimum absolute atomic E-state index is 0.0758. The third-order valence-corrected chi connectivity index (χ3v) is 5.88. The first-order valence-corrected chi connectivity index (χ1v) is 9.88. The summed E-state index contributed by atoms with van der Waals surface area (Å²) in [6.45, 7) is 8.58. The summed E-state index contributed by atoms with van der Waals surface area (Å²) in [6, 6.07) is -0.0758. The largest absolute Gasteiger partial charge is 0.379 e. The van der Waals surface area contributed by atoms with Gasteiger partial charge in [-0.25, -0.2) is 9.97 Å². The van der Waals surface area contributed by atoms with Gasteiger partial charge in [-0.1, -0.05) is 0 Å². The van der Waals surface area contributed by atoms with Gasteiger partial charge in [0.05, 0.1) is 19.3 Å². The minimum Gasteiger partial charge on any atom is -0.379 e. The Morgan fingerprint density at radius 1 is 1.35 bits per heavy atom. The predicted molar refractivity (Wildman–Crippen MR) is 97.9 cm³/mol. The zero-order chi connectivity index (χ0) is 17.9. The molecule has 0 saturated carbocycles. The Labute approximate surface area is 155 Å². The van der Waals surface area contributed by atoms with E-state index in [0.717, 1.165) is 77.6 Å². The molecule has 2 saturated heterocycles. The second kappa shape index (κ2) is 7.98. The first-order chi connectivity index (χ1) is 12.7. The molecular weight excluding hydrogens is 330 g/mol. The topological polar surface area (TPSA) is 70.6 Å². The molecule has 1 N–H and O–H groups in total. The van der Waals surface area contributed by atoms with Gasteiger partial charge in [-0.3, -0.25) is 9.69 Å². The van der Waals surface area contributed by atoms with Crippen molar-refractivity contribution in [3.8, 4) is 0 Å². The molecule has 2 fully saturated rings. The highest BCUT2D eigenvalue weighted by molar-refractivity contribution is 5.81. The van der Waals surface area contributed by atoms with Crippen LogP contribution in [0.5, 0.6) is 0 Å². The lowest BCUT2D eigenvalue weighted by Crippen LogP contribution is -2.52. The van der Waals surface area contributed by atoms with Gasteiger partial charge in [0.25, 0.3) is 0 Å². The molecule has 0 bridgehead atoms. The standard InChI is InChI=1S/C19H29N5O2/c1-14(23-7-9-26-10-8-23)19(25)24-6-2-3-15(13-24)18-21-12-16-11-20-5-4-17(16)22-18/h12,14-15,20H,2-11,13H2,1H3/t14-,15-/m1/s1. The number of carbonyl (C=O) groups excluding carboxylic acids is 1. The zero-order valence-corrected chi connectivity index (χ0v) is 15.6. The predicted octanol–water partition coefficient (Wildman–Crippen LogP) is 0.549. The van der Waals surface area contributed by atoms with Crippen LogP contribution in [0, 0.1) is 0 Å². The molecule has 0 radical (unpaired) electrons. The summed E-state index contributed by atoms with van der Waals surface area (Å²) in [5, 5.41) is 3.36. The molecule has 142 valence electrons. The van der Waals surface area contributed by atoms with Crippen LogP contribution in [0.2, 0.25) is 0 Å². The van der Waals surface area contributed by atoms with Crippen LogP contribution in [0.4, 0.5) is 0 Å². The maximum absolute atomic E-state index is 13.0. The number of amides is 1. The minimum atomic E-state index is -0.0758. The van der Waals surface area contributed by atoms with Crippen molar-refractivity contribution in [2.45, 2.75) is 44.7 Å². The van der Waals surface area contributed by atoms with Crippen molar-refractivity contribution >= 4 is 5.91 Å². The Balaban J connectivity index is 1.43. The van der Waals surface area contributed by atoms with Crippen LogP contribution in [0.15, 0.2) is 6.20 Å². The molecule has 7 nitrogen and oxygen atoms in total. The van der Waals surface area contributed by atoms with Crippen molar-refractivity contribution in [1.29, 1.82) is 0 Å². The number of rotatable bonds is 3. The molecule has 7 heteroatoms. The van der Waals surface area contributed by atoms with Crippen LogP contribution in [0.3, 0.4) is 0 Å². The SMILES string of the molecule is C[C@H](C(=O)N1CCC[C@@H](c2ncc3c(n2)CCNC3)C1)N1CCOCC1. The van der Waals surface area contributed by atoms with E-state index in [9.17, 15) is 4.79 Å². The van der Waals surface area contributed by atoms with Crippen LogP contribution >= 0.6 is 0 Å². The normalized spacial score (nSPS) is 25.6. The van der Waals surface area contributed by atoms with Gasteiger partial charge in [0.2, 0.25) is 5.91 Å². The summed E-state index contributed by atoms with van der Waals surface area (Å²) in [4.78, 5) is 26.7. The fourth-order valence-corrected chi connectivity index (χ4v) is 4.22. The third kappa shape index (κ3) is 3.75. The van der Waals surface area contributed by atoms with Crippen molar-refractivity contribution in [1.82, 2.24) is 25.1 Å². The smallest absolute Gasteiger partial charge is 0.239 e. The van der Waals surface area contributed by atoms with Gasteiger partial charge in [0, 0.05) is 69.1 Å². The van der Waals surface area contributed by atoms with Crippen molar-refractivity contribution < 1.29 is 9.53 Å². The Bertz CT molecular complexity index is 647. The highest BCUT2D eigenvalue weighted by Crippen LogP contribution is 2.26. The lowest BCUT2D eigenvalue weighted by Gasteiger charge is -2.38. The molecule has 1 aromatic heterocycles. The first kappa shape index (κ1) is 17.8. The molecular formula is C19H29N5O2. The highest BCUT2D eigenvalue weighted by atomic mass is 16.5. The number of morpholine rings is 1. The van der Waals surface area contributed by atoms with Crippen LogP contribution in [-0.4, -0.2) is 77.7 Å². The monoisotopic (exact) mass is 359 g/mol. The van der Waals surface area contributed by atoms with Crippen LogP contribution in [0.1, 0.15) is 42.8 Å². The summed E-state index contributed by atoms with van der Waals surface area (Å²) < 4.78 is 5.41. The number of piperidine rings is 1. The number of hydrogen-bond acceptors (Lipinski definition) is 6. The van der Waals surface area contributed by atoms with Gasteiger partial charge < -0.3 is 15.0 Å². The van der Waals surface area contributed by atoms with Gasteiger partial charge in [0.1, 0.15) is 5.82 Å². The lowest BCUT2D eigenvalue weighted by molar-refractivity contribution is -0.139. The summed E-state index contributed by atoms with van der Waals surface area (Å²) in [6.07, 6.45) is 5.02. The van der Waals surface area contributed by atoms with Gasteiger partial charge in [-0.05, 0) is 19.8 Å². The van der Waals surface area contributed by atoms with E-state index in [1.165, 1.54) is 11.3 Å². The number of fused-ring (bicyclic) bond motifs is 1. The van der Waals surface area contributed by atoms with E-state index in [4.69, 9.17) is 9.72 Å². The molecule has 26 heavy (non-hydrogen) atoms. The van der Waals surface area contributed by atoms with Gasteiger partial charge in [0.15, 0.2) is 0 Å². The van der Waals surface area contributed by atoms with Crippen molar-refractivity contribution in [3.05, 3.63) is 23.3 Å². The Hall–Kier alpha value is -1.57. The Morgan fingerprint density at radius 3 is 3.04 bits per heavy atom. The average molecular weight is 359 g/mol.